The maximum Gasteiger partial charge on any atom is 0.305 e. The highest BCUT2D eigenvalue weighted by atomic mass is 32.2. The zero-order valence-corrected chi connectivity index (χ0v) is 24.8. The van der Waals surface area contributed by atoms with Gasteiger partial charge in [-0.15, -0.1) is 0 Å². The number of carboxylic acids is 1. The summed E-state index contributed by atoms with van der Waals surface area (Å²) in [7, 11) is -12.6. The van der Waals surface area contributed by atoms with Crippen molar-refractivity contribution in [3.8, 4) is 11.5 Å². The van der Waals surface area contributed by atoms with Gasteiger partial charge < -0.3 is 14.4 Å². The SMILES string of the molecule is O=C(O)CCN(CCCS(=O)(=O)O)c1ccc2nc3ccc(=[N+](CCCS(=O)(=O)O)CCCS(=O)(=O)O)cc-3oc2c1. The van der Waals surface area contributed by atoms with E-state index >= 15 is 0 Å². The molecule has 0 unspecified atom stereocenters. The van der Waals surface area contributed by atoms with Crippen LogP contribution in [0.2, 0.25) is 0 Å². The van der Waals surface area contributed by atoms with E-state index in [1.807, 2.05) is 0 Å². The molecule has 4 N–H and O–H groups in total. The van der Waals surface area contributed by atoms with Gasteiger partial charge in [0, 0.05) is 43.8 Å². The average Bonchev–Trinajstić information content (AvgIpc) is 2.85. The molecule has 0 saturated carbocycles. The van der Waals surface area contributed by atoms with Crippen molar-refractivity contribution in [1.82, 2.24) is 9.56 Å². The molecule has 2 aliphatic rings. The van der Waals surface area contributed by atoms with E-state index in [4.69, 9.17) is 23.2 Å². The lowest BCUT2D eigenvalue weighted by atomic mass is 10.2. The molecule has 1 aliphatic heterocycles. The average molecular weight is 651 g/mol. The van der Waals surface area contributed by atoms with Crippen molar-refractivity contribution in [3.05, 3.63) is 41.8 Å². The van der Waals surface area contributed by atoms with Crippen LogP contribution in [0.25, 0.3) is 22.6 Å². The van der Waals surface area contributed by atoms with E-state index in [2.05, 4.69) is 4.98 Å². The molecule has 3 rings (SSSR count). The van der Waals surface area contributed by atoms with Crippen LogP contribution in [-0.2, 0) is 35.1 Å². The number of aliphatic carboxylic acids is 1. The van der Waals surface area contributed by atoms with Crippen molar-refractivity contribution >= 4 is 53.1 Å². The second-order valence-electron chi connectivity index (χ2n) is 9.55. The smallest absolute Gasteiger partial charge is 0.305 e. The van der Waals surface area contributed by atoms with Crippen LogP contribution in [0, 0.1) is 0 Å². The van der Waals surface area contributed by atoms with Gasteiger partial charge in [-0.1, -0.05) is 0 Å². The largest absolute Gasteiger partial charge is 0.481 e. The van der Waals surface area contributed by atoms with E-state index < -0.39 is 53.6 Å². The number of nitrogens with zero attached hydrogens (tertiary/aromatic N) is 3. The van der Waals surface area contributed by atoms with Crippen molar-refractivity contribution in [3.63, 3.8) is 0 Å². The molecule has 232 valence electrons. The molecular weight excluding hydrogens is 618 g/mol. The van der Waals surface area contributed by atoms with Gasteiger partial charge in [0.1, 0.15) is 24.3 Å². The first-order valence-electron chi connectivity index (χ1n) is 12.7. The van der Waals surface area contributed by atoms with Gasteiger partial charge in [-0.2, -0.15) is 25.3 Å². The molecule has 18 heteroatoms. The summed E-state index contributed by atoms with van der Waals surface area (Å²) in [5.41, 5.74) is 1.83. The van der Waals surface area contributed by atoms with E-state index in [-0.39, 0.29) is 51.9 Å². The Morgan fingerprint density at radius 2 is 1.40 bits per heavy atom. The Morgan fingerprint density at radius 3 is 1.98 bits per heavy atom. The van der Waals surface area contributed by atoms with Crippen molar-refractivity contribution in [2.75, 3.05) is 48.3 Å². The summed E-state index contributed by atoms with van der Waals surface area (Å²) in [5, 5.41) is 9.68. The molecule has 1 aromatic carbocycles. The number of carbonyl (C=O) groups is 1. The van der Waals surface area contributed by atoms with Crippen LogP contribution in [0.1, 0.15) is 25.7 Å². The predicted molar refractivity (Wildman–Crippen MR) is 153 cm³/mol. The first-order valence-corrected chi connectivity index (χ1v) is 17.6. The van der Waals surface area contributed by atoms with Crippen LogP contribution in [0.15, 0.2) is 40.8 Å². The minimum absolute atomic E-state index is 0.0446. The number of fused-ring (bicyclic) bond motifs is 2. The summed E-state index contributed by atoms with van der Waals surface area (Å²) in [4.78, 5) is 17.4. The van der Waals surface area contributed by atoms with E-state index in [1.54, 1.807) is 45.9 Å². The number of anilines is 1. The highest BCUT2D eigenvalue weighted by Crippen LogP contribution is 2.27. The molecule has 1 heterocycles. The van der Waals surface area contributed by atoms with Gasteiger partial charge in [0.2, 0.25) is 5.36 Å². The van der Waals surface area contributed by atoms with Crippen LogP contribution >= 0.6 is 0 Å². The van der Waals surface area contributed by atoms with Gasteiger partial charge in [-0.25, -0.2) is 9.56 Å². The second-order valence-corrected chi connectivity index (χ2v) is 14.3. The van der Waals surface area contributed by atoms with Crippen molar-refractivity contribution in [2.24, 2.45) is 0 Å². The summed E-state index contributed by atoms with van der Waals surface area (Å²) >= 11 is 0. The van der Waals surface area contributed by atoms with Gasteiger partial charge in [0.25, 0.3) is 30.4 Å². The Hall–Kier alpha value is -3.16. The van der Waals surface area contributed by atoms with Crippen molar-refractivity contribution in [2.45, 2.75) is 25.7 Å². The third-order valence-electron chi connectivity index (χ3n) is 6.16. The van der Waals surface area contributed by atoms with Gasteiger partial charge in [0.05, 0.1) is 29.7 Å². The molecule has 0 radical (unpaired) electrons. The Labute approximate surface area is 242 Å². The molecule has 0 atom stereocenters. The normalized spacial score (nSPS) is 12.5. The zero-order chi connectivity index (χ0) is 31.1. The third-order valence-corrected chi connectivity index (χ3v) is 8.58. The van der Waals surface area contributed by atoms with E-state index in [1.165, 1.54) is 0 Å². The Balaban J connectivity index is 2.00. The van der Waals surface area contributed by atoms with Crippen molar-refractivity contribution < 1.29 is 53.2 Å². The van der Waals surface area contributed by atoms with Crippen LogP contribution in [-0.4, -0.2) is 98.4 Å². The summed E-state index contributed by atoms with van der Waals surface area (Å²) in [6.45, 7) is 0.499. The number of hydrogen-bond donors (Lipinski definition) is 4. The van der Waals surface area contributed by atoms with Crippen LogP contribution in [0.3, 0.4) is 0 Å². The topological polar surface area (TPSA) is 233 Å². The Bertz CT molecular complexity index is 1750. The van der Waals surface area contributed by atoms with Gasteiger partial charge >= 0.3 is 5.97 Å². The lowest BCUT2D eigenvalue weighted by Gasteiger charge is -2.24. The quantitative estimate of drug-likeness (QED) is 0.0955. The van der Waals surface area contributed by atoms with E-state index in [9.17, 15) is 30.0 Å². The summed E-state index contributed by atoms with van der Waals surface area (Å²) < 4.78 is 102. The molecule has 0 amide bonds. The van der Waals surface area contributed by atoms with E-state index in [0.29, 0.717) is 33.6 Å². The number of rotatable bonds is 16. The first-order chi connectivity index (χ1) is 19.5. The molecule has 15 nitrogen and oxygen atoms in total. The standard InChI is InChI=1S/C24H31N3O12S3/c28-24(29)8-12-27(11-3-15-42(36,37)38)19-5-7-21-23(17-19)39-22-16-18(4-6-20(22)25-21)26(9-1-13-40(30,31)32)10-2-14-41(33,34)35/h4-7,16-17H,1-3,8-15H2,(H3-,28,29,30,31,32,33,34,35,36,37,38)/p+1. The second kappa shape index (κ2) is 13.9. The summed E-state index contributed by atoms with van der Waals surface area (Å²) in [6.07, 6.45) is -0.0741. The molecule has 1 aliphatic carbocycles. The number of benzene rings is 2. The molecule has 42 heavy (non-hydrogen) atoms. The maximum atomic E-state index is 11.2. The van der Waals surface area contributed by atoms with Crippen LogP contribution in [0.5, 0.6) is 0 Å². The third kappa shape index (κ3) is 11.3. The minimum Gasteiger partial charge on any atom is -0.481 e. The fourth-order valence-electron chi connectivity index (χ4n) is 4.28. The maximum absolute atomic E-state index is 11.2. The molecule has 0 bridgehead atoms. The monoisotopic (exact) mass is 650 g/mol. The lowest BCUT2D eigenvalue weighted by Crippen LogP contribution is -2.33. The predicted octanol–water partition coefficient (Wildman–Crippen LogP) is 0.820. The summed E-state index contributed by atoms with van der Waals surface area (Å²) in [5.74, 6) is -2.21. The number of carboxylic acid groups (broad SMARTS) is 1. The van der Waals surface area contributed by atoms with Gasteiger partial charge in [-0.3, -0.25) is 18.5 Å². The Morgan fingerprint density at radius 1 is 0.810 bits per heavy atom. The molecule has 0 spiro atoms. The number of aromatic nitrogens is 1. The molecule has 0 fully saturated rings. The highest BCUT2D eigenvalue weighted by Gasteiger charge is 2.17. The van der Waals surface area contributed by atoms with Gasteiger partial charge in [-0.05, 0) is 24.6 Å². The lowest BCUT2D eigenvalue weighted by molar-refractivity contribution is -0.136. The highest BCUT2D eigenvalue weighted by molar-refractivity contribution is 7.86. The van der Waals surface area contributed by atoms with Crippen LogP contribution < -0.4 is 14.8 Å². The fraction of sp³-hybridized carbons (Fsp3) is 0.458. The Kier molecular flexibility index (Phi) is 11.0. The minimum atomic E-state index is -4.21. The van der Waals surface area contributed by atoms with Gasteiger partial charge in [0.15, 0.2) is 11.3 Å². The first kappa shape index (κ1) is 33.3. The zero-order valence-electron chi connectivity index (χ0n) is 22.4. The van der Waals surface area contributed by atoms with Crippen LogP contribution in [0.4, 0.5) is 5.69 Å². The molecular formula is C24H32N3O12S3+. The van der Waals surface area contributed by atoms with E-state index in [0.717, 1.165) is 0 Å². The molecule has 0 aromatic heterocycles. The molecule has 0 saturated heterocycles. The summed E-state index contributed by atoms with van der Waals surface area (Å²) in [6, 6.07) is 9.95. The number of hydrogen-bond acceptors (Lipinski definition) is 10. The molecule has 1 aromatic rings. The fourth-order valence-corrected chi connectivity index (χ4v) is 5.76. The van der Waals surface area contributed by atoms with Crippen molar-refractivity contribution in [1.29, 1.82) is 0 Å².